The number of nitrogens with zero attached hydrogens (tertiary/aromatic N) is 2. The Morgan fingerprint density at radius 3 is 2.70 bits per heavy atom. The fourth-order valence-electron chi connectivity index (χ4n) is 1.99. The van der Waals surface area contributed by atoms with E-state index in [0.29, 0.717) is 22.3 Å². The molecule has 0 radical (unpaired) electrons. The van der Waals surface area contributed by atoms with E-state index in [2.05, 4.69) is 9.97 Å². The Morgan fingerprint density at radius 1 is 1.10 bits per heavy atom. The number of nitro benzene ring substituents is 1. The van der Waals surface area contributed by atoms with Crippen molar-refractivity contribution >= 4 is 16.6 Å². The predicted octanol–water partition coefficient (Wildman–Crippen LogP) is 2.50. The first kappa shape index (κ1) is 12.0. The molecule has 1 N–H and O–H groups in total. The highest BCUT2D eigenvalue weighted by molar-refractivity contribution is 5.79. The van der Waals surface area contributed by atoms with Crippen LogP contribution in [0, 0.1) is 10.1 Å². The number of aromatic amines is 1. The zero-order valence-corrected chi connectivity index (χ0v) is 10.2. The monoisotopic (exact) mass is 267 g/mol. The van der Waals surface area contributed by atoms with E-state index < -0.39 is 4.92 Å². The molecule has 0 aliphatic rings. The number of H-pyrrole nitrogens is 1. The summed E-state index contributed by atoms with van der Waals surface area (Å²) in [4.78, 5) is 29.2. The highest BCUT2D eigenvalue weighted by Gasteiger charge is 2.10. The number of benzene rings is 2. The molecule has 0 spiro atoms. The fourth-order valence-corrected chi connectivity index (χ4v) is 1.99. The van der Waals surface area contributed by atoms with Crippen LogP contribution in [-0.4, -0.2) is 14.9 Å². The van der Waals surface area contributed by atoms with Crippen LogP contribution in [0.25, 0.3) is 22.3 Å². The Balaban J connectivity index is 2.22. The van der Waals surface area contributed by atoms with Gasteiger partial charge in [-0.3, -0.25) is 14.9 Å². The third kappa shape index (κ3) is 2.03. The van der Waals surface area contributed by atoms with Gasteiger partial charge in [0.15, 0.2) is 0 Å². The van der Waals surface area contributed by atoms with Crippen molar-refractivity contribution in [2.24, 2.45) is 0 Å². The first-order chi connectivity index (χ1) is 9.65. The van der Waals surface area contributed by atoms with Crippen molar-refractivity contribution in [1.82, 2.24) is 9.97 Å². The van der Waals surface area contributed by atoms with Gasteiger partial charge in [0.05, 0.1) is 15.8 Å². The number of hydrogen-bond donors (Lipinski definition) is 1. The van der Waals surface area contributed by atoms with Gasteiger partial charge in [0, 0.05) is 17.7 Å². The van der Waals surface area contributed by atoms with E-state index in [4.69, 9.17) is 0 Å². The number of hydrogen-bond acceptors (Lipinski definition) is 4. The lowest BCUT2D eigenvalue weighted by Crippen LogP contribution is -2.09. The number of non-ortho nitro benzene ring substituents is 1. The Bertz CT molecular complexity index is 871. The lowest BCUT2D eigenvalue weighted by molar-refractivity contribution is -0.384. The van der Waals surface area contributed by atoms with Gasteiger partial charge in [-0.1, -0.05) is 24.3 Å². The van der Waals surface area contributed by atoms with Gasteiger partial charge < -0.3 is 4.98 Å². The molecule has 0 aliphatic heterocycles. The summed E-state index contributed by atoms with van der Waals surface area (Å²) in [6.45, 7) is 0. The summed E-state index contributed by atoms with van der Waals surface area (Å²) in [5.74, 6) is 0.317. The molecule has 0 amide bonds. The van der Waals surface area contributed by atoms with Crippen LogP contribution in [0.4, 0.5) is 5.69 Å². The quantitative estimate of drug-likeness (QED) is 0.570. The minimum absolute atomic E-state index is 0.0432. The van der Waals surface area contributed by atoms with Gasteiger partial charge >= 0.3 is 0 Å². The lowest BCUT2D eigenvalue weighted by atomic mass is 10.1. The number of nitro groups is 1. The van der Waals surface area contributed by atoms with Crippen LogP contribution in [-0.2, 0) is 0 Å². The molecule has 6 nitrogen and oxygen atoms in total. The summed E-state index contributed by atoms with van der Waals surface area (Å²) in [7, 11) is 0. The zero-order chi connectivity index (χ0) is 14.1. The summed E-state index contributed by atoms with van der Waals surface area (Å²) in [5.41, 5.74) is 0.746. The Labute approximate surface area is 112 Å². The summed E-state index contributed by atoms with van der Waals surface area (Å²) in [5, 5.41) is 11.3. The van der Waals surface area contributed by atoms with Crippen molar-refractivity contribution in [1.29, 1.82) is 0 Å². The molecule has 98 valence electrons. The second kappa shape index (κ2) is 4.58. The van der Waals surface area contributed by atoms with Crippen LogP contribution in [0.2, 0.25) is 0 Å². The molecule has 3 aromatic rings. The maximum Gasteiger partial charge on any atom is 0.270 e. The number of nitrogens with one attached hydrogen (secondary N) is 1. The molecule has 0 saturated heterocycles. The second-order valence-electron chi connectivity index (χ2n) is 4.24. The molecule has 0 saturated carbocycles. The molecule has 0 bridgehead atoms. The zero-order valence-electron chi connectivity index (χ0n) is 10.2. The van der Waals surface area contributed by atoms with Gasteiger partial charge in [0.1, 0.15) is 5.82 Å². The highest BCUT2D eigenvalue weighted by atomic mass is 16.6. The Kier molecular flexibility index (Phi) is 2.76. The molecule has 0 unspecified atom stereocenters. The number of rotatable bonds is 2. The maximum absolute atomic E-state index is 12.0. The summed E-state index contributed by atoms with van der Waals surface area (Å²) < 4.78 is 0. The summed E-state index contributed by atoms with van der Waals surface area (Å²) >= 11 is 0. The maximum atomic E-state index is 12.0. The van der Waals surface area contributed by atoms with Gasteiger partial charge in [-0.2, -0.15) is 0 Å². The number of aromatic nitrogens is 2. The molecule has 3 rings (SSSR count). The van der Waals surface area contributed by atoms with Crippen LogP contribution in [0.1, 0.15) is 0 Å². The molecule has 1 heterocycles. The van der Waals surface area contributed by atoms with Crippen molar-refractivity contribution in [3.63, 3.8) is 0 Å². The van der Waals surface area contributed by atoms with Crippen molar-refractivity contribution in [2.75, 3.05) is 0 Å². The molecule has 0 fully saturated rings. The average molecular weight is 267 g/mol. The van der Waals surface area contributed by atoms with E-state index in [-0.39, 0.29) is 11.2 Å². The average Bonchev–Trinajstić information content (AvgIpc) is 2.47. The molecule has 0 atom stereocenters. The Morgan fingerprint density at radius 2 is 1.90 bits per heavy atom. The van der Waals surface area contributed by atoms with Crippen LogP contribution >= 0.6 is 0 Å². The van der Waals surface area contributed by atoms with Gasteiger partial charge in [0.25, 0.3) is 11.2 Å². The van der Waals surface area contributed by atoms with Gasteiger partial charge in [-0.15, -0.1) is 0 Å². The van der Waals surface area contributed by atoms with Gasteiger partial charge in [-0.05, 0) is 12.1 Å². The van der Waals surface area contributed by atoms with E-state index in [1.165, 1.54) is 12.1 Å². The first-order valence-corrected chi connectivity index (χ1v) is 5.89. The minimum atomic E-state index is -0.483. The van der Waals surface area contributed by atoms with Gasteiger partial charge in [-0.25, -0.2) is 4.98 Å². The SMILES string of the molecule is O=c1[nH]c(-c2cccc([N+](=O)[O-])c2)nc2ccccc12. The smallest absolute Gasteiger partial charge is 0.270 e. The largest absolute Gasteiger partial charge is 0.306 e. The topological polar surface area (TPSA) is 88.9 Å². The predicted molar refractivity (Wildman–Crippen MR) is 74.5 cm³/mol. The van der Waals surface area contributed by atoms with Crippen molar-refractivity contribution in [3.8, 4) is 11.4 Å². The van der Waals surface area contributed by atoms with Crippen LogP contribution in [0.3, 0.4) is 0 Å². The minimum Gasteiger partial charge on any atom is -0.306 e. The first-order valence-electron chi connectivity index (χ1n) is 5.89. The van der Waals surface area contributed by atoms with E-state index in [0.717, 1.165) is 0 Å². The van der Waals surface area contributed by atoms with Crippen LogP contribution in [0.15, 0.2) is 53.3 Å². The third-order valence-corrected chi connectivity index (χ3v) is 2.94. The van der Waals surface area contributed by atoms with Crippen molar-refractivity contribution < 1.29 is 4.92 Å². The Hall–Kier alpha value is -3.02. The fraction of sp³-hybridized carbons (Fsp3) is 0. The molecular weight excluding hydrogens is 258 g/mol. The molecule has 20 heavy (non-hydrogen) atoms. The van der Waals surface area contributed by atoms with Crippen LogP contribution < -0.4 is 5.56 Å². The van der Waals surface area contributed by atoms with Crippen molar-refractivity contribution in [3.05, 3.63) is 69.0 Å². The summed E-state index contributed by atoms with van der Waals surface area (Å²) in [6.07, 6.45) is 0. The second-order valence-corrected chi connectivity index (χ2v) is 4.24. The number of fused-ring (bicyclic) bond motifs is 1. The van der Waals surface area contributed by atoms with E-state index in [1.807, 2.05) is 0 Å². The lowest BCUT2D eigenvalue weighted by Gasteiger charge is -2.03. The van der Waals surface area contributed by atoms with E-state index in [1.54, 1.807) is 36.4 Å². The standard InChI is InChI=1S/C14H9N3O3/c18-14-11-6-1-2-7-12(11)15-13(16-14)9-4-3-5-10(8-9)17(19)20/h1-8H,(H,15,16,18). The molecule has 1 aromatic heterocycles. The molecular formula is C14H9N3O3. The molecule has 0 aliphatic carbocycles. The normalized spacial score (nSPS) is 10.6. The summed E-state index contributed by atoms with van der Waals surface area (Å²) in [6, 6.07) is 12.9. The number of para-hydroxylation sites is 1. The van der Waals surface area contributed by atoms with Crippen LogP contribution in [0.5, 0.6) is 0 Å². The van der Waals surface area contributed by atoms with Crippen molar-refractivity contribution in [2.45, 2.75) is 0 Å². The third-order valence-electron chi connectivity index (χ3n) is 2.94. The highest BCUT2D eigenvalue weighted by Crippen LogP contribution is 2.21. The van der Waals surface area contributed by atoms with E-state index >= 15 is 0 Å². The van der Waals surface area contributed by atoms with E-state index in [9.17, 15) is 14.9 Å². The van der Waals surface area contributed by atoms with Gasteiger partial charge in [0.2, 0.25) is 0 Å². The molecule has 6 heteroatoms. The molecule has 2 aromatic carbocycles.